The Morgan fingerprint density at radius 2 is 1.77 bits per heavy atom. The summed E-state index contributed by atoms with van der Waals surface area (Å²) in [6, 6.07) is 17.1. The van der Waals surface area contributed by atoms with Crippen molar-refractivity contribution in [3.63, 3.8) is 0 Å². The summed E-state index contributed by atoms with van der Waals surface area (Å²) in [4.78, 5) is 3.41. The van der Waals surface area contributed by atoms with Gasteiger partial charge >= 0.3 is 0 Å². The summed E-state index contributed by atoms with van der Waals surface area (Å²) in [5.41, 5.74) is 5.04. The molecule has 0 spiro atoms. The van der Waals surface area contributed by atoms with Crippen LogP contribution in [0.3, 0.4) is 0 Å². The fourth-order valence-electron chi connectivity index (χ4n) is 2.19. The molecule has 0 amide bonds. The standard InChI is InChI=1S/C19H24N2S/c1-15(13-16-9-11-17(12-10-16)21(3)4)14-22-19-8-6-5-7-18(19)20-2/h5-13,20H,14H2,1-4H3/b15-13+. The van der Waals surface area contributed by atoms with Crippen molar-refractivity contribution < 1.29 is 0 Å². The molecule has 0 unspecified atom stereocenters. The molecule has 0 aliphatic carbocycles. The number of hydrogen-bond acceptors (Lipinski definition) is 3. The van der Waals surface area contributed by atoms with E-state index in [0.29, 0.717) is 0 Å². The third-order valence-corrected chi connectivity index (χ3v) is 4.70. The maximum absolute atomic E-state index is 3.24. The molecule has 2 aromatic rings. The second-order valence-electron chi connectivity index (χ2n) is 5.51. The van der Waals surface area contributed by atoms with E-state index in [1.165, 1.54) is 27.4 Å². The van der Waals surface area contributed by atoms with Crippen LogP contribution in [0.25, 0.3) is 6.08 Å². The van der Waals surface area contributed by atoms with Crippen molar-refractivity contribution in [1.29, 1.82) is 0 Å². The fraction of sp³-hybridized carbons (Fsp3) is 0.263. The van der Waals surface area contributed by atoms with Gasteiger partial charge in [-0.1, -0.05) is 35.9 Å². The largest absolute Gasteiger partial charge is 0.387 e. The van der Waals surface area contributed by atoms with E-state index in [1.54, 1.807) is 0 Å². The van der Waals surface area contributed by atoms with Gasteiger partial charge in [0.25, 0.3) is 0 Å². The lowest BCUT2D eigenvalue weighted by molar-refractivity contribution is 1.13. The summed E-state index contributed by atoms with van der Waals surface area (Å²) in [6.45, 7) is 2.19. The Hall–Kier alpha value is -1.87. The molecule has 0 saturated heterocycles. The normalized spacial score (nSPS) is 11.4. The third kappa shape index (κ3) is 4.57. The number of benzene rings is 2. The molecule has 0 aromatic heterocycles. The first-order valence-electron chi connectivity index (χ1n) is 7.44. The number of anilines is 2. The number of para-hydroxylation sites is 1. The van der Waals surface area contributed by atoms with Gasteiger partial charge in [0, 0.05) is 43.2 Å². The summed E-state index contributed by atoms with van der Waals surface area (Å²) < 4.78 is 0. The van der Waals surface area contributed by atoms with Crippen molar-refractivity contribution >= 4 is 29.2 Å². The van der Waals surface area contributed by atoms with Crippen molar-refractivity contribution in [2.45, 2.75) is 11.8 Å². The molecule has 0 heterocycles. The molecule has 0 aliphatic rings. The Balaban J connectivity index is 2.00. The van der Waals surface area contributed by atoms with Crippen molar-refractivity contribution in [1.82, 2.24) is 0 Å². The lowest BCUT2D eigenvalue weighted by Crippen LogP contribution is -2.07. The van der Waals surface area contributed by atoms with Gasteiger partial charge in [-0.15, -0.1) is 11.8 Å². The topological polar surface area (TPSA) is 15.3 Å². The van der Waals surface area contributed by atoms with Gasteiger partial charge in [-0.05, 0) is 36.8 Å². The molecule has 0 aliphatic heterocycles. The molecule has 0 fully saturated rings. The summed E-state index contributed by atoms with van der Waals surface area (Å²) in [5, 5.41) is 3.24. The van der Waals surface area contributed by atoms with E-state index in [2.05, 4.69) is 85.8 Å². The van der Waals surface area contributed by atoms with Gasteiger partial charge in [0.05, 0.1) is 0 Å². The number of nitrogens with zero attached hydrogens (tertiary/aromatic N) is 1. The minimum atomic E-state index is 0.994. The van der Waals surface area contributed by atoms with Gasteiger partial charge in [-0.25, -0.2) is 0 Å². The highest BCUT2D eigenvalue weighted by Gasteiger charge is 2.01. The van der Waals surface area contributed by atoms with Crippen LogP contribution < -0.4 is 10.2 Å². The second-order valence-corrected chi connectivity index (χ2v) is 6.53. The molecule has 0 saturated carbocycles. The molecule has 116 valence electrons. The average molecular weight is 312 g/mol. The zero-order chi connectivity index (χ0) is 15.9. The van der Waals surface area contributed by atoms with Crippen LogP contribution in [-0.4, -0.2) is 26.9 Å². The van der Waals surface area contributed by atoms with Crippen LogP contribution in [0.1, 0.15) is 12.5 Å². The Labute approximate surface area is 138 Å². The van der Waals surface area contributed by atoms with Crippen molar-refractivity contribution in [3.05, 3.63) is 59.7 Å². The summed E-state index contributed by atoms with van der Waals surface area (Å²) in [5.74, 6) is 0.994. The summed E-state index contributed by atoms with van der Waals surface area (Å²) in [6.07, 6.45) is 2.26. The Morgan fingerprint density at radius 3 is 2.41 bits per heavy atom. The summed E-state index contributed by atoms with van der Waals surface area (Å²) >= 11 is 1.87. The van der Waals surface area contributed by atoms with Crippen LogP contribution in [0.5, 0.6) is 0 Å². The number of nitrogens with one attached hydrogen (secondary N) is 1. The Bertz CT molecular complexity index is 630. The predicted octanol–water partition coefficient (Wildman–Crippen LogP) is 4.99. The van der Waals surface area contributed by atoms with Gasteiger partial charge in [0.15, 0.2) is 0 Å². The van der Waals surface area contributed by atoms with Gasteiger partial charge in [0.2, 0.25) is 0 Å². The minimum absolute atomic E-state index is 0.994. The van der Waals surface area contributed by atoms with E-state index >= 15 is 0 Å². The molecule has 0 atom stereocenters. The molecule has 2 aromatic carbocycles. The van der Waals surface area contributed by atoms with Crippen LogP contribution in [0.4, 0.5) is 11.4 Å². The molecule has 0 radical (unpaired) electrons. The maximum Gasteiger partial charge on any atom is 0.0475 e. The van der Waals surface area contributed by atoms with Gasteiger partial charge in [0.1, 0.15) is 0 Å². The highest BCUT2D eigenvalue weighted by Crippen LogP contribution is 2.28. The molecular formula is C19H24N2S. The van der Waals surface area contributed by atoms with E-state index in [1.807, 2.05) is 18.8 Å². The first-order chi connectivity index (χ1) is 10.6. The maximum atomic E-state index is 3.24. The van der Waals surface area contributed by atoms with Crippen molar-refractivity contribution in [2.75, 3.05) is 37.1 Å². The molecule has 2 rings (SSSR count). The minimum Gasteiger partial charge on any atom is -0.387 e. The Kier molecular flexibility index (Phi) is 5.96. The number of rotatable bonds is 6. The van der Waals surface area contributed by atoms with Gasteiger partial charge in [-0.2, -0.15) is 0 Å². The molecule has 3 heteroatoms. The highest BCUT2D eigenvalue weighted by molar-refractivity contribution is 7.99. The third-order valence-electron chi connectivity index (χ3n) is 3.43. The SMILES string of the molecule is CNc1ccccc1SC/C(C)=C/c1ccc(N(C)C)cc1. The lowest BCUT2D eigenvalue weighted by Gasteiger charge is -2.12. The van der Waals surface area contributed by atoms with E-state index < -0.39 is 0 Å². The van der Waals surface area contributed by atoms with Gasteiger partial charge < -0.3 is 10.2 Å². The molecule has 22 heavy (non-hydrogen) atoms. The predicted molar refractivity (Wildman–Crippen MR) is 101 cm³/mol. The Morgan fingerprint density at radius 1 is 1.09 bits per heavy atom. The van der Waals surface area contributed by atoms with E-state index in [-0.39, 0.29) is 0 Å². The van der Waals surface area contributed by atoms with Crippen molar-refractivity contribution in [3.8, 4) is 0 Å². The van der Waals surface area contributed by atoms with Crippen LogP contribution in [0.2, 0.25) is 0 Å². The quantitative estimate of drug-likeness (QED) is 0.756. The average Bonchev–Trinajstić information content (AvgIpc) is 2.53. The number of hydrogen-bond donors (Lipinski definition) is 1. The molecule has 2 nitrogen and oxygen atoms in total. The summed E-state index contributed by atoms with van der Waals surface area (Å²) in [7, 11) is 6.09. The van der Waals surface area contributed by atoms with E-state index in [4.69, 9.17) is 0 Å². The number of thioether (sulfide) groups is 1. The first kappa shape index (κ1) is 16.5. The first-order valence-corrected chi connectivity index (χ1v) is 8.43. The zero-order valence-electron chi connectivity index (χ0n) is 13.8. The van der Waals surface area contributed by atoms with Crippen LogP contribution in [0, 0.1) is 0 Å². The monoisotopic (exact) mass is 312 g/mol. The van der Waals surface area contributed by atoms with Crippen molar-refractivity contribution in [2.24, 2.45) is 0 Å². The smallest absolute Gasteiger partial charge is 0.0475 e. The lowest BCUT2D eigenvalue weighted by atomic mass is 10.1. The molecule has 1 N–H and O–H groups in total. The van der Waals surface area contributed by atoms with Crippen LogP contribution in [0.15, 0.2) is 59.0 Å². The second kappa shape index (κ2) is 7.95. The van der Waals surface area contributed by atoms with Crippen LogP contribution >= 0.6 is 11.8 Å². The molecule has 0 bridgehead atoms. The van der Waals surface area contributed by atoms with E-state index in [9.17, 15) is 0 Å². The molecular weight excluding hydrogens is 288 g/mol. The van der Waals surface area contributed by atoms with Gasteiger partial charge in [-0.3, -0.25) is 0 Å². The highest BCUT2D eigenvalue weighted by atomic mass is 32.2. The fourth-order valence-corrected chi connectivity index (χ4v) is 3.15. The van der Waals surface area contributed by atoms with E-state index in [0.717, 1.165) is 5.75 Å². The zero-order valence-corrected chi connectivity index (χ0v) is 14.6. The van der Waals surface area contributed by atoms with Crippen LogP contribution in [-0.2, 0) is 0 Å².